The Morgan fingerprint density at radius 3 is 2.62 bits per heavy atom. The number of hydrogen-bond acceptors (Lipinski definition) is 2. The first-order chi connectivity index (χ1) is 7.42. The third-order valence-electron chi connectivity index (χ3n) is 1.98. The molecule has 1 atom stereocenters. The fraction of sp³-hybridized carbons (Fsp3) is 0.556. The zero-order valence-corrected chi connectivity index (χ0v) is 8.53. The van der Waals surface area contributed by atoms with E-state index < -0.39 is 18.6 Å². The molecule has 0 aromatic carbocycles. The molecule has 0 aliphatic rings. The van der Waals surface area contributed by atoms with Gasteiger partial charge >= 0.3 is 6.18 Å². The van der Waals surface area contributed by atoms with Crippen molar-refractivity contribution in [3.05, 3.63) is 34.1 Å². The molecular formula is C9H10F3N3O. The van der Waals surface area contributed by atoms with Crippen molar-refractivity contribution in [2.24, 2.45) is 5.11 Å². The highest BCUT2D eigenvalue weighted by Crippen LogP contribution is 2.30. The lowest BCUT2D eigenvalue weighted by Crippen LogP contribution is -2.09. The molecular weight excluding hydrogens is 223 g/mol. The zero-order valence-electron chi connectivity index (χ0n) is 8.53. The summed E-state index contributed by atoms with van der Waals surface area (Å²) >= 11 is 0. The number of aryl methyl sites for hydroxylation is 1. The van der Waals surface area contributed by atoms with Gasteiger partial charge in [0.25, 0.3) is 0 Å². The molecule has 0 spiro atoms. The van der Waals surface area contributed by atoms with Gasteiger partial charge in [-0.15, -0.1) is 0 Å². The normalized spacial score (nSPS) is 13.2. The van der Waals surface area contributed by atoms with Gasteiger partial charge < -0.3 is 4.42 Å². The number of furan rings is 1. The van der Waals surface area contributed by atoms with Crippen molar-refractivity contribution in [3.63, 3.8) is 0 Å². The van der Waals surface area contributed by atoms with Gasteiger partial charge in [0.2, 0.25) is 0 Å². The lowest BCUT2D eigenvalue weighted by Gasteiger charge is -2.10. The second-order valence-electron chi connectivity index (χ2n) is 3.32. The Hall–Kier alpha value is -1.62. The third kappa shape index (κ3) is 3.86. The lowest BCUT2D eigenvalue weighted by atomic mass is 10.1. The van der Waals surface area contributed by atoms with E-state index in [1.807, 2.05) is 0 Å². The van der Waals surface area contributed by atoms with E-state index in [0.717, 1.165) is 0 Å². The van der Waals surface area contributed by atoms with E-state index >= 15 is 0 Å². The van der Waals surface area contributed by atoms with E-state index in [2.05, 4.69) is 10.0 Å². The van der Waals surface area contributed by atoms with Crippen LogP contribution in [0.4, 0.5) is 13.2 Å². The van der Waals surface area contributed by atoms with E-state index in [9.17, 15) is 13.2 Å². The maximum Gasteiger partial charge on any atom is 0.389 e. The van der Waals surface area contributed by atoms with E-state index in [1.54, 1.807) is 13.0 Å². The minimum atomic E-state index is -4.26. The van der Waals surface area contributed by atoms with E-state index in [-0.39, 0.29) is 12.2 Å². The van der Waals surface area contributed by atoms with Crippen molar-refractivity contribution < 1.29 is 17.6 Å². The molecule has 0 radical (unpaired) electrons. The molecule has 0 bridgehead atoms. The smallest absolute Gasteiger partial charge is 0.389 e. The van der Waals surface area contributed by atoms with Gasteiger partial charge in [-0.3, -0.25) is 0 Å². The molecule has 0 saturated carbocycles. The van der Waals surface area contributed by atoms with Gasteiger partial charge in [-0.2, -0.15) is 13.2 Å². The maximum atomic E-state index is 12.0. The third-order valence-corrected chi connectivity index (χ3v) is 1.98. The fourth-order valence-electron chi connectivity index (χ4n) is 1.25. The Labute approximate surface area is 89.7 Å². The molecule has 0 N–H and O–H groups in total. The Kier molecular flexibility index (Phi) is 3.84. The first kappa shape index (κ1) is 12.4. The van der Waals surface area contributed by atoms with E-state index in [4.69, 9.17) is 9.95 Å². The molecule has 0 aliphatic heterocycles. The Bertz CT molecular complexity index is 393. The van der Waals surface area contributed by atoms with Gasteiger partial charge in [0.15, 0.2) is 0 Å². The van der Waals surface area contributed by atoms with Gasteiger partial charge in [0, 0.05) is 11.3 Å². The van der Waals surface area contributed by atoms with Gasteiger partial charge in [-0.25, -0.2) is 0 Å². The monoisotopic (exact) mass is 233 g/mol. The number of halogens is 3. The Morgan fingerprint density at radius 2 is 2.19 bits per heavy atom. The summed E-state index contributed by atoms with van der Waals surface area (Å²) in [5, 5.41) is 3.30. The second-order valence-corrected chi connectivity index (χ2v) is 3.32. The number of nitrogens with zero attached hydrogens (tertiary/aromatic N) is 3. The molecule has 16 heavy (non-hydrogen) atoms. The summed E-state index contributed by atoms with van der Waals surface area (Å²) in [5.74, 6) is 0.833. The lowest BCUT2D eigenvalue weighted by molar-refractivity contribution is -0.136. The number of rotatable bonds is 4. The van der Waals surface area contributed by atoms with Gasteiger partial charge in [-0.1, -0.05) is 5.11 Å². The van der Waals surface area contributed by atoms with E-state index in [1.165, 1.54) is 6.07 Å². The fourth-order valence-corrected chi connectivity index (χ4v) is 1.25. The quantitative estimate of drug-likeness (QED) is 0.434. The van der Waals surface area contributed by atoms with Crippen LogP contribution in [0.2, 0.25) is 0 Å². The van der Waals surface area contributed by atoms with Crippen LogP contribution in [0.25, 0.3) is 10.4 Å². The highest BCUT2D eigenvalue weighted by atomic mass is 19.4. The maximum absolute atomic E-state index is 12.0. The van der Waals surface area contributed by atoms with Crippen LogP contribution in [0.5, 0.6) is 0 Å². The number of alkyl halides is 3. The van der Waals surface area contributed by atoms with Crippen molar-refractivity contribution in [1.29, 1.82) is 0 Å². The molecule has 7 heteroatoms. The summed E-state index contributed by atoms with van der Waals surface area (Å²) in [5.41, 5.74) is 8.27. The average Bonchev–Trinajstić information content (AvgIpc) is 2.57. The van der Waals surface area contributed by atoms with Crippen molar-refractivity contribution >= 4 is 0 Å². The molecule has 0 saturated heterocycles. The highest BCUT2D eigenvalue weighted by Gasteiger charge is 2.29. The van der Waals surface area contributed by atoms with Crippen LogP contribution in [0, 0.1) is 6.92 Å². The summed E-state index contributed by atoms with van der Waals surface area (Å²) in [6.07, 6.45) is -5.57. The summed E-state index contributed by atoms with van der Waals surface area (Å²) in [6.45, 7) is 1.67. The molecule has 1 heterocycles. The number of azide groups is 1. The Morgan fingerprint density at radius 1 is 1.50 bits per heavy atom. The van der Waals surface area contributed by atoms with Gasteiger partial charge in [0.05, 0.1) is 6.04 Å². The molecule has 88 valence electrons. The predicted octanol–water partition coefficient (Wildman–Crippen LogP) is 4.28. The molecule has 0 amide bonds. The minimum Gasteiger partial charge on any atom is -0.466 e. The van der Waals surface area contributed by atoms with Crippen LogP contribution in [0.3, 0.4) is 0 Å². The summed E-state index contributed by atoms with van der Waals surface area (Å²) in [7, 11) is 0. The summed E-state index contributed by atoms with van der Waals surface area (Å²) in [4.78, 5) is 2.52. The Balaban J connectivity index is 2.72. The molecule has 1 unspecified atom stereocenters. The first-order valence-electron chi connectivity index (χ1n) is 4.59. The topological polar surface area (TPSA) is 61.9 Å². The highest BCUT2D eigenvalue weighted by molar-refractivity contribution is 5.09. The standard InChI is InChI=1S/C9H10F3N3O/c1-6-2-3-8(16-6)7(14-15-13)4-5-9(10,11)12/h2-3,7H,4-5H2,1H3. The van der Waals surface area contributed by atoms with Crippen LogP contribution in [-0.2, 0) is 0 Å². The summed E-state index contributed by atoms with van der Waals surface area (Å²) < 4.78 is 41.2. The van der Waals surface area contributed by atoms with Crippen LogP contribution >= 0.6 is 0 Å². The second kappa shape index (κ2) is 4.94. The van der Waals surface area contributed by atoms with Crippen LogP contribution in [0.1, 0.15) is 30.4 Å². The van der Waals surface area contributed by atoms with Gasteiger partial charge in [0.1, 0.15) is 11.5 Å². The minimum absolute atomic E-state index is 0.263. The molecule has 0 aliphatic carbocycles. The van der Waals surface area contributed by atoms with Crippen LogP contribution in [-0.4, -0.2) is 6.18 Å². The first-order valence-corrected chi connectivity index (χ1v) is 4.59. The van der Waals surface area contributed by atoms with Crippen molar-refractivity contribution in [3.8, 4) is 0 Å². The molecule has 4 nitrogen and oxygen atoms in total. The largest absolute Gasteiger partial charge is 0.466 e. The van der Waals surface area contributed by atoms with Crippen LogP contribution in [0.15, 0.2) is 21.7 Å². The SMILES string of the molecule is Cc1ccc(C(CCC(F)(F)F)N=[N+]=[N-])o1. The van der Waals surface area contributed by atoms with Crippen molar-refractivity contribution in [2.75, 3.05) is 0 Å². The summed E-state index contributed by atoms with van der Waals surface area (Å²) in [6, 6.07) is 2.23. The van der Waals surface area contributed by atoms with Crippen molar-refractivity contribution in [2.45, 2.75) is 32.0 Å². The zero-order chi connectivity index (χ0) is 12.2. The average molecular weight is 233 g/mol. The molecule has 1 aromatic rings. The van der Waals surface area contributed by atoms with Crippen molar-refractivity contribution in [1.82, 2.24) is 0 Å². The number of hydrogen-bond donors (Lipinski definition) is 0. The molecule has 1 aromatic heterocycles. The van der Waals surface area contributed by atoms with Gasteiger partial charge in [-0.05, 0) is 31.0 Å². The van der Waals surface area contributed by atoms with Crippen LogP contribution < -0.4 is 0 Å². The molecule has 0 fully saturated rings. The van der Waals surface area contributed by atoms with E-state index in [0.29, 0.717) is 5.76 Å². The predicted molar refractivity (Wildman–Crippen MR) is 50.6 cm³/mol. The molecule has 1 rings (SSSR count).